The molecule has 0 bridgehead atoms. The van der Waals surface area contributed by atoms with Gasteiger partial charge in [-0.3, -0.25) is 0 Å². The summed E-state index contributed by atoms with van der Waals surface area (Å²) in [4.78, 5) is 0. The van der Waals surface area contributed by atoms with Gasteiger partial charge in [-0.25, -0.2) is 0 Å². The monoisotopic (exact) mass is 937 g/mol. The van der Waals surface area contributed by atoms with E-state index in [-0.39, 0.29) is 59.6 Å². The van der Waals surface area contributed by atoms with Gasteiger partial charge < -0.3 is 22.1 Å². The van der Waals surface area contributed by atoms with Crippen LogP contribution in [0.1, 0.15) is 136 Å². The van der Waals surface area contributed by atoms with Crippen molar-refractivity contribution in [3.63, 3.8) is 0 Å². The molecule has 0 aromatic carbocycles. The lowest BCUT2D eigenvalue weighted by Gasteiger charge is -2.50. The second kappa shape index (κ2) is 20.2. The predicted octanol–water partition coefficient (Wildman–Crippen LogP) is 16.1. The molecule has 0 unspecified atom stereocenters. The summed E-state index contributed by atoms with van der Waals surface area (Å²) in [6.07, 6.45) is 5.84. The van der Waals surface area contributed by atoms with Gasteiger partial charge in [0.2, 0.25) is 0 Å². The van der Waals surface area contributed by atoms with Crippen molar-refractivity contribution in [1.82, 2.24) is 0 Å². The standard InChI is InChI=1S/C46H100O5S2Si5/c1-28-40(51-58(26,27)45(15,16)17)36(2)46(52-30-29-31-53-46)34-38(49-56(22,23)43(9,10)11)32-37(48-55(20,21)42(6,7)8)33-39(50-57(24,25)44(12,13)14)35-47-54(18,19)41(3,4)5/h28,36-40H,1,29-35H2,2-27H3/t36-,37+,38-,39+,40+/m1/s1. The number of thioether (sulfide) groups is 2. The number of rotatable bonds is 20. The van der Waals surface area contributed by atoms with E-state index in [0.29, 0.717) is 6.61 Å². The van der Waals surface area contributed by atoms with Crippen LogP contribution in [-0.2, 0) is 22.1 Å². The van der Waals surface area contributed by atoms with Crippen molar-refractivity contribution in [1.29, 1.82) is 0 Å². The molecule has 0 radical (unpaired) electrons. The molecule has 58 heavy (non-hydrogen) atoms. The quantitative estimate of drug-likeness (QED) is 0.0890. The van der Waals surface area contributed by atoms with Gasteiger partial charge >= 0.3 is 0 Å². The smallest absolute Gasteiger partial charge is 0.192 e. The molecule has 0 amide bonds. The van der Waals surface area contributed by atoms with Crippen molar-refractivity contribution in [3.8, 4) is 0 Å². The summed E-state index contributed by atoms with van der Waals surface area (Å²) in [7, 11) is -10.6. The van der Waals surface area contributed by atoms with E-state index in [9.17, 15) is 0 Å². The van der Waals surface area contributed by atoms with Gasteiger partial charge in [-0.05, 0) is 128 Å². The Labute approximate surface area is 377 Å². The van der Waals surface area contributed by atoms with Crippen molar-refractivity contribution in [2.24, 2.45) is 5.92 Å². The Morgan fingerprint density at radius 1 is 0.517 bits per heavy atom. The van der Waals surface area contributed by atoms with Crippen LogP contribution in [0.25, 0.3) is 0 Å². The van der Waals surface area contributed by atoms with E-state index in [0.717, 1.165) is 30.8 Å². The third kappa shape index (κ3) is 15.8. The summed E-state index contributed by atoms with van der Waals surface area (Å²) in [5.74, 6) is 2.57. The highest BCUT2D eigenvalue weighted by molar-refractivity contribution is 8.18. The zero-order chi connectivity index (χ0) is 46.0. The van der Waals surface area contributed by atoms with Crippen LogP contribution < -0.4 is 0 Å². The topological polar surface area (TPSA) is 46.2 Å². The highest BCUT2D eigenvalue weighted by Gasteiger charge is 2.51. The van der Waals surface area contributed by atoms with E-state index in [1.165, 1.54) is 6.42 Å². The molecule has 12 heteroatoms. The fourth-order valence-corrected chi connectivity index (χ4v) is 16.1. The first-order valence-electron chi connectivity index (χ1n) is 22.7. The Kier molecular flexibility index (Phi) is 20.0. The van der Waals surface area contributed by atoms with Crippen LogP contribution in [0.5, 0.6) is 0 Å². The second-order valence-corrected chi connectivity index (χ2v) is 52.4. The maximum absolute atomic E-state index is 7.71. The maximum atomic E-state index is 7.71. The first-order chi connectivity index (χ1) is 25.5. The molecule has 1 heterocycles. The average molecular weight is 938 g/mol. The zero-order valence-corrected chi connectivity index (χ0v) is 50.1. The molecule has 1 saturated heterocycles. The van der Waals surface area contributed by atoms with Gasteiger partial charge in [-0.1, -0.05) is 117 Å². The van der Waals surface area contributed by atoms with E-state index in [2.05, 4.69) is 212 Å². The highest BCUT2D eigenvalue weighted by atomic mass is 32.2. The van der Waals surface area contributed by atoms with Gasteiger partial charge in [-0.15, -0.1) is 30.1 Å². The van der Waals surface area contributed by atoms with Crippen LogP contribution in [0.3, 0.4) is 0 Å². The molecule has 0 saturated carbocycles. The predicted molar refractivity (Wildman–Crippen MR) is 277 cm³/mol. The van der Waals surface area contributed by atoms with Crippen LogP contribution in [0.15, 0.2) is 12.7 Å². The Bertz CT molecular complexity index is 1280. The molecular formula is C46H100O5S2Si5. The Balaban J connectivity index is 4.00. The minimum atomic E-state index is -2.20. The van der Waals surface area contributed by atoms with Gasteiger partial charge in [0.1, 0.15) is 0 Å². The van der Waals surface area contributed by atoms with Crippen LogP contribution in [-0.4, -0.2) is 88.2 Å². The molecule has 0 aromatic rings. The molecule has 0 aliphatic carbocycles. The van der Waals surface area contributed by atoms with Gasteiger partial charge in [0.05, 0.1) is 22.9 Å². The first-order valence-corrected chi connectivity index (χ1v) is 39.2. The molecule has 5 nitrogen and oxygen atoms in total. The van der Waals surface area contributed by atoms with Crippen LogP contribution in [0.2, 0.25) is 90.7 Å². The number of hydrogen-bond donors (Lipinski definition) is 0. The van der Waals surface area contributed by atoms with Crippen LogP contribution in [0.4, 0.5) is 0 Å². The first kappa shape index (κ1) is 57.3. The lowest BCUT2D eigenvalue weighted by Crippen LogP contribution is -2.52. The Hall–Kier alpha value is 1.32. The molecule has 1 aliphatic heterocycles. The summed E-state index contributed by atoms with van der Waals surface area (Å²) in [6.45, 7) is 66.8. The largest absolute Gasteiger partial charge is 0.414 e. The Morgan fingerprint density at radius 3 is 1.21 bits per heavy atom. The van der Waals surface area contributed by atoms with Crippen molar-refractivity contribution in [2.45, 2.75) is 256 Å². The molecule has 1 fully saturated rings. The van der Waals surface area contributed by atoms with E-state index in [4.69, 9.17) is 22.1 Å². The SMILES string of the molecule is C=C[C@H](O[Si](C)(C)C(C)(C)C)[C@@H](C)C1(C[C@@H](C[C@@H](C[C@@H](CO[Si](C)(C)C(C)(C)C)O[Si](C)(C)C(C)(C)C)O[Si](C)(C)C(C)(C)C)O[Si](C)(C)C(C)(C)C)SCCCS1. The normalized spacial score (nSPS) is 20.0. The molecule has 0 spiro atoms. The summed E-state index contributed by atoms with van der Waals surface area (Å²) in [5, 5.41) is 0.460. The van der Waals surface area contributed by atoms with Crippen molar-refractivity contribution < 1.29 is 22.1 Å². The molecular weight excluding hydrogens is 837 g/mol. The zero-order valence-electron chi connectivity index (χ0n) is 43.5. The molecule has 346 valence electrons. The molecule has 1 aliphatic rings. The summed E-state index contributed by atoms with van der Waals surface area (Å²) in [6, 6.07) is 0. The van der Waals surface area contributed by atoms with E-state index in [1.807, 2.05) is 0 Å². The van der Waals surface area contributed by atoms with Crippen molar-refractivity contribution >= 4 is 65.1 Å². The molecule has 0 aromatic heterocycles. The fraction of sp³-hybridized carbons (Fsp3) is 0.957. The maximum Gasteiger partial charge on any atom is 0.192 e. The average Bonchev–Trinajstić information content (AvgIpc) is 2.99. The lowest BCUT2D eigenvalue weighted by atomic mass is 9.93. The van der Waals surface area contributed by atoms with E-state index < -0.39 is 41.6 Å². The van der Waals surface area contributed by atoms with E-state index in [1.54, 1.807) is 0 Å². The minimum absolute atomic E-state index is 0.0179. The van der Waals surface area contributed by atoms with Crippen molar-refractivity contribution in [3.05, 3.63) is 12.7 Å². The minimum Gasteiger partial charge on any atom is -0.414 e. The summed E-state index contributed by atoms with van der Waals surface area (Å²) in [5.41, 5.74) is 0. The molecule has 0 N–H and O–H groups in total. The van der Waals surface area contributed by atoms with Gasteiger partial charge in [0.25, 0.3) is 0 Å². The lowest BCUT2D eigenvalue weighted by molar-refractivity contribution is 0.0286. The van der Waals surface area contributed by atoms with Gasteiger partial charge in [-0.2, -0.15) is 0 Å². The fourth-order valence-electron chi connectivity index (χ4n) is 6.00. The third-order valence-corrected chi connectivity index (χ3v) is 41.8. The molecule has 1 rings (SSSR count). The highest BCUT2D eigenvalue weighted by Crippen LogP contribution is 2.55. The Morgan fingerprint density at radius 2 is 0.845 bits per heavy atom. The van der Waals surface area contributed by atoms with Crippen LogP contribution in [0, 0.1) is 5.92 Å². The van der Waals surface area contributed by atoms with Gasteiger partial charge in [0, 0.05) is 18.1 Å². The number of hydrogen-bond acceptors (Lipinski definition) is 7. The summed E-state index contributed by atoms with van der Waals surface area (Å²) < 4.78 is 37.0. The van der Waals surface area contributed by atoms with E-state index >= 15 is 0 Å². The third-order valence-electron chi connectivity index (χ3n) is 15.4. The van der Waals surface area contributed by atoms with Gasteiger partial charge in [0.15, 0.2) is 41.6 Å². The molecule has 5 atom stereocenters. The summed E-state index contributed by atoms with van der Waals surface area (Å²) >= 11 is 4.32. The second-order valence-electron chi connectivity index (χ2n) is 25.5. The van der Waals surface area contributed by atoms with Crippen molar-refractivity contribution in [2.75, 3.05) is 18.1 Å². The van der Waals surface area contributed by atoms with Crippen LogP contribution >= 0.6 is 23.5 Å².